The Bertz CT molecular complexity index is 557. The van der Waals surface area contributed by atoms with Crippen LogP contribution in [0.15, 0.2) is 22.7 Å². The third-order valence-corrected chi connectivity index (χ3v) is 2.12. The maximum Gasteiger partial charge on any atom is 0.416 e. The summed E-state index contributed by atoms with van der Waals surface area (Å²) in [5, 5.41) is 3.59. The van der Waals surface area contributed by atoms with Gasteiger partial charge in [-0.1, -0.05) is 5.16 Å². The number of halogens is 3. The third-order valence-electron chi connectivity index (χ3n) is 2.12. The van der Waals surface area contributed by atoms with E-state index in [0.717, 1.165) is 12.1 Å². The number of hydrogen-bond donors (Lipinski definition) is 0. The van der Waals surface area contributed by atoms with Crippen LogP contribution in [0.5, 0.6) is 0 Å². The van der Waals surface area contributed by atoms with Crippen LogP contribution in [0.4, 0.5) is 13.2 Å². The Morgan fingerprint density at radius 2 is 2.06 bits per heavy atom. The maximum absolute atomic E-state index is 12.4. The summed E-state index contributed by atoms with van der Waals surface area (Å²) in [6.45, 7) is 1.21. The largest absolute Gasteiger partial charge is 0.416 e. The Morgan fingerprint density at radius 1 is 1.38 bits per heavy atom. The van der Waals surface area contributed by atoms with Gasteiger partial charge in [0.2, 0.25) is 5.76 Å². The highest BCUT2D eigenvalue weighted by atomic mass is 19.4. The fourth-order valence-electron chi connectivity index (χ4n) is 1.37. The molecule has 16 heavy (non-hydrogen) atoms. The van der Waals surface area contributed by atoms with Crippen molar-refractivity contribution >= 4 is 16.7 Å². The summed E-state index contributed by atoms with van der Waals surface area (Å²) in [7, 11) is 0. The van der Waals surface area contributed by atoms with Gasteiger partial charge in [-0.15, -0.1) is 0 Å². The second-order valence-electron chi connectivity index (χ2n) is 3.30. The Balaban J connectivity index is 2.68. The van der Waals surface area contributed by atoms with Crippen LogP contribution in [0, 0.1) is 0 Å². The topological polar surface area (TPSA) is 43.1 Å². The molecule has 1 aromatic carbocycles. The van der Waals surface area contributed by atoms with Gasteiger partial charge >= 0.3 is 6.18 Å². The van der Waals surface area contributed by atoms with E-state index in [-0.39, 0.29) is 16.7 Å². The molecule has 1 aromatic heterocycles. The lowest BCUT2D eigenvalue weighted by Gasteiger charge is -2.05. The summed E-state index contributed by atoms with van der Waals surface area (Å²) >= 11 is 0. The zero-order valence-electron chi connectivity index (χ0n) is 8.13. The van der Waals surface area contributed by atoms with Crippen LogP contribution in [0.3, 0.4) is 0 Å². The molecule has 0 N–H and O–H groups in total. The van der Waals surface area contributed by atoms with E-state index in [0.29, 0.717) is 0 Å². The molecular formula is C10H6F3NO2. The highest BCUT2D eigenvalue weighted by Gasteiger charge is 2.31. The zero-order valence-corrected chi connectivity index (χ0v) is 8.13. The van der Waals surface area contributed by atoms with Crippen molar-refractivity contribution in [2.45, 2.75) is 13.1 Å². The predicted molar refractivity (Wildman–Crippen MR) is 49.0 cm³/mol. The van der Waals surface area contributed by atoms with Gasteiger partial charge in [0.1, 0.15) is 5.52 Å². The first-order valence-corrected chi connectivity index (χ1v) is 4.37. The average molecular weight is 229 g/mol. The molecule has 0 atom stereocenters. The normalized spacial score (nSPS) is 12.0. The second-order valence-corrected chi connectivity index (χ2v) is 3.30. The molecule has 84 valence electrons. The van der Waals surface area contributed by atoms with E-state index in [1.54, 1.807) is 0 Å². The number of fused-ring (bicyclic) bond motifs is 1. The second kappa shape index (κ2) is 3.33. The van der Waals surface area contributed by atoms with E-state index in [4.69, 9.17) is 0 Å². The van der Waals surface area contributed by atoms with Crippen LogP contribution in [-0.2, 0) is 6.18 Å². The first-order valence-electron chi connectivity index (χ1n) is 4.37. The predicted octanol–water partition coefficient (Wildman–Crippen LogP) is 3.05. The molecule has 1 heterocycles. The summed E-state index contributed by atoms with van der Waals surface area (Å²) < 4.78 is 41.9. The van der Waals surface area contributed by atoms with E-state index in [1.165, 1.54) is 13.0 Å². The van der Waals surface area contributed by atoms with Crippen molar-refractivity contribution in [2.75, 3.05) is 0 Å². The van der Waals surface area contributed by atoms with Crippen molar-refractivity contribution in [3.63, 3.8) is 0 Å². The minimum absolute atomic E-state index is 0.0855. The van der Waals surface area contributed by atoms with E-state index in [1.807, 2.05) is 0 Å². The third kappa shape index (κ3) is 1.66. The van der Waals surface area contributed by atoms with Crippen molar-refractivity contribution in [1.29, 1.82) is 0 Å². The fourth-order valence-corrected chi connectivity index (χ4v) is 1.37. The van der Waals surface area contributed by atoms with Gasteiger partial charge < -0.3 is 4.52 Å². The van der Waals surface area contributed by atoms with E-state index in [9.17, 15) is 18.0 Å². The molecule has 0 aliphatic heterocycles. The quantitative estimate of drug-likeness (QED) is 0.706. The Hall–Kier alpha value is -1.85. The number of benzene rings is 1. The molecule has 0 aliphatic rings. The molecule has 0 bridgehead atoms. The lowest BCUT2D eigenvalue weighted by Crippen LogP contribution is -2.04. The molecule has 3 nitrogen and oxygen atoms in total. The van der Waals surface area contributed by atoms with Gasteiger partial charge in [0.15, 0.2) is 5.78 Å². The van der Waals surface area contributed by atoms with Gasteiger partial charge in [-0.3, -0.25) is 4.79 Å². The molecule has 0 saturated carbocycles. The molecule has 0 radical (unpaired) electrons. The molecule has 0 unspecified atom stereocenters. The number of nitrogens with zero attached hydrogens (tertiary/aromatic N) is 1. The van der Waals surface area contributed by atoms with Crippen LogP contribution in [0.25, 0.3) is 10.9 Å². The molecule has 0 amide bonds. The number of carbonyl (C=O) groups is 1. The minimum atomic E-state index is -4.44. The molecule has 0 aliphatic carbocycles. The van der Waals surface area contributed by atoms with Crippen LogP contribution in [0.2, 0.25) is 0 Å². The lowest BCUT2D eigenvalue weighted by molar-refractivity contribution is -0.137. The van der Waals surface area contributed by atoms with Crippen molar-refractivity contribution in [3.05, 3.63) is 29.5 Å². The SMILES string of the molecule is CC(=O)c1onc2ccc(C(F)(F)F)cc12. The molecule has 0 spiro atoms. The van der Waals surface area contributed by atoms with Gasteiger partial charge in [0.05, 0.1) is 10.9 Å². The first kappa shape index (κ1) is 10.7. The van der Waals surface area contributed by atoms with Crippen LogP contribution < -0.4 is 0 Å². The Kier molecular flexibility index (Phi) is 2.22. The van der Waals surface area contributed by atoms with Crippen molar-refractivity contribution in [2.24, 2.45) is 0 Å². The Labute approximate surface area is 87.8 Å². The van der Waals surface area contributed by atoms with Crippen molar-refractivity contribution in [3.8, 4) is 0 Å². The number of aromatic nitrogens is 1. The number of ketones is 1. The minimum Gasteiger partial charge on any atom is -0.352 e. The van der Waals surface area contributed by atoms with Crippen LogP contribution in [-0.4, -0.2) is 10.9 Å². The Morgan fingerprint density at radius 3 is 2.62 bits per heavy atom. The van der Waals surface area contributed by atoms with Gasteiger partial charge in [0.25, 0.3) is 0 Å². The molecular weight excluding hydrogens is 223 g/mol. The van der Waals surface area contributed by atoms with Crippen LogP contribution >= 0.6 is 0 Å². The summed E-state index contributed by atoms with van der Waals surface area (Å²) in [6, 6.07) is 2.94. The number of hydrogen-bond acceptors (Lipinski definition) is 3. The summed E-state index contributed by atoms with van der Waals surface area (Å²) in [5.74, 6) is -0.608. The van der Waals surface area contributed by atoms with Crippen molar-refractivity contribution in [1.82, 2.24) is 5.16 Å². The number of alkyl halides is 3. The molecule has 2 rings (SSSR count). The van der Waals surface area contributed by atoms with Gasteiger partial charge in [-0.25, -0.2) is 0 Å². The summed E-state index contributed by atoms with van der Waals surface area (Å²) in [6.07, 6.45) is -4.44. The average Bonchev–Trinajstić information content (AvgIpc) is 2.58. The van der Waals surface area contributed by atoms with Gasteiger partial charge in [-0.05, 0) is 18.2 Å². The molecule has 6 heteroatoms. The number of rotatable bonds is 1. The van der Waals surface area contributed by atoms with Gasteiger partial charge in [-0.2, -0.15) is 13.2 Å². The standard InChI is InChI=1S/C10H6F3NO2/c1-5(15)9-7-4-6(10(11,12)13)2-3-8(7)14-16-9/h2-4H,1H3. The monoisotopic (exact) mass is 229 g/mol. The fraction of sp³-hybridized carbons (Fsp3) is 0.200. The van der Waals surface area contributed by atoms with Gasteiger partial charge in [0, 0.05) is 6.92 Å². The van der Waals surface area contributed by atoms with Crippen LogP contribution in [0.1, 0.15) is 23.0 Å². The van der Waals surface area contributed by atoms with Crippen molar-refractivity contribution < 1.29 is 22.5 Å². The van der Waals surface area contributed by atoms with E-state index >= 15 is 0 Å². The number of Topliss-reactive ketones (excluding diaryl/α,β-unsaturated/α-hetero) is 1. The molecule has 0 saturated heterocycles. The van der Waals surface area contributed by atoms with E-state index in [2.05, 4.69) is 9.68 Å². The highest BCUT2D eigenvalue weighted by Crippen LogP contribution is 2.32. The molecule has 0 fully saturated rings. The smallest absolute Gasteiger partial charge is 0.352 e. The highest BCUT2D eigenvalue weighted by molar-refractivity contribution is 6.03. The maximum atomic E-state index is 12.4. The summed E-state index contributed by atoms with van der Waals surface area (Å²) in [4.78, 5) is 11.1. The number of carbonyl (C=O) groups excluding carboxylic acids is 1. The zero-order chi connectivity index (χ0) is 11.9. The molecule has 2 aromatic rings. The lowest BCUT2D eigenvalue weighted by atomic mass is 10.1. The van der Waals surface area contributed by atoms with E-state index < -0.39 is 17.5 Å². The first-order chi connectivity index (χ1) is 7.39. The summed E-state index contributed by atoms with van der Waals surface area (Å²) in [5.41, 5.74) is -0.594.